The molecule has 1 aliphatic heterocycles. The molecule has 32 heavy (non-hydrogen) atoms. The SMILES string of the molecule is COCC/C(N)=C(\Cl)C(=N)c1cc(C(=O)N2CC(c3ccc(C#N)cc3)C2)c(C)cc1C. The van der Waals surface area contributed by atoms with Crippen LogP contribution in [0.25, 0.3) is 0 Å². The minimum atomic E-state index is -0.0612. The van der Waals surface area contributed by atoms with Crippen LogP contribution in [0.2, 0.25) is 0 Å². The number of rotatable bonds is 7. The number of aryl methyl sites for hydroxylation is 2. The third kappa shape index (κ3) is 4.85. The van der Waals surface area contributed by atoms with Crippen LogP contribution in [-0.2, 0) is 4.74 Å². The number of amides is 1. The van der Waals surface area contributed by atoms with Gasteiger partial charge in [-0.3, -0.25) is 10.2 Å². The number of likely N-dealkylation sites (tertiary alicyclic amines) is 1. The van der Waals surface area contributed by atoms with Crippen molar-refractivity contribution in [1.29, 1.82) is 10.7 Å². The maximum atomic E-state index is 13.2. The van der Waals surface area contributed by atoms with Crippen LogP contribution in [0.1, 0.15) is 50.5 Å². The molecular weight excluding hydrogens is 424 g/mol. The molecule has 0 atom stereocenters. The number of halogens is 1. The Balaban J connectivity index is 1.78. The second kappa shape index (κ2) is 9.99. The molecule has 1 amide bonds. The standard InChI is InChI=1S/C25H27ClN4O2/c1-15-10-16(2)21(11-20(15)24(29)23(26)22(28)8-9-32-3)25(31)30-13-19(14-30)18-6-4-17(12-27)5-7-18/h4-7,10-11,19,29H,8-9,13-14,28H2,1-3H3/b23-22+,29-24?. The van der Waals surface area contributed by atoms with E-state index in [1.54, 1.807) is 30.2 Å². The lowest BCUT2D eigenvalue weighted by molar-refractivity contribution is 0.0601. The number of allylic oxidation sites excluding steroid dienone is 1. The van der Waals surface area contributed by atoms with Crippen molar-refractivity contribution in [2.45, 2.75) is 26.2 Å². The summed E-state index contributed by atoms with van der Waals surface area (Å²) in [7, 11) is 1.58. The van der Waals surface area contributed by atoms with Crippen LogP contribution < -0.4 is 5.73 Å². The summed E-state index contributed by atoms with van der Waals surface area (Å²) < 4.78 is 5.03. The zero-order chi connectivity index (χ0) is 23.4. The van der Waals surface area contributed by atoms with E-state index in [1.807, 2.05) is 32.0 Å². The predicted octanol–water partition coefficient (Wildman–Crippen LogP) is 4.23. The van der Waals surface area contributed by atoms with Gasteiger partial charge in [0.25, 0.3) is 5.91 Å². The second-order valence-corrected chi connectivity index (χ2v) is 8.46. The van der Waals surface area contributed by atoms with Gasteiger partial charge in [-0.2, -0.15) is 5.26 Å². The van der Waals surface area contributed by atoms with Gasteiger partial charge in [-0.05, 0) is 48.7 Å². The Morgan fingerprint density at radius 3 is 2.44 bits per heavy atom. The van der Waals surface area contributed by atoms with Gasteiger partial charge in [0.1, 0.15) is 0 Å². The smallest absolute Gasteiger partial charge is 0.254 e. The van der Waals surface area contributed by atoms with Crippen LogP contribution in [0.3, 0.4) is 0 Å². The van der Waals surface area contributed by atoms with Crippen molar-refractivity contribution in [2.75, 3.05) is 26.8 Å². The van der Waals surface area contributed by atoms with Crippen LogP contribution >= 0.6 is 11.6 Å². The zero-order valence-corrected chi connectivity index (χ0v) is 19.3. The van der Waals surface area contributed by atoms with Gasteiger partial charge in [-0.1, -0.05) is 29.8 Å². The minimum absolute atomic E-state index is 0.0612. The van der Waals surface area contributed by atoms with E-state index in [0.717, 1.165) is 16.7 Å². The molecule has 166 valence electrons. The number of nitrogens with two attached hydrogens (primary N) is 1. The molecule has 2 aromatic carbocycles. The molecule has 0 aliphatic carbocycles. The van der Waals surface area contributed by atoms with E-state index < -0.39 is 0 Å². The Bertz CT molecular complexity index is 1110. The molecule has 3 N–H and O–H groups in total. The molecule has 0 saturated carbocycles. The van der Waals surface area contributed by atoms with E-state index in [-0.39, 0.29) is 22.6 Å². The van der Waals surface area contributed by atoms with Crippen molar-refractivity contribution in [3.05, 3.63) is 80.5 Å². The molecule has 2 aromatic rings. The summed E-state index contributed by atoms with van der Waals surface area (Å²) in [5, 5.41) is 17.7. The molecule has 0 unspecified atom stereocenters. The van der Waals surface area contributed by atoms with Crippen LogP contribution in [0.4, 0.5) is 0 Å². The fourth-order valence-corrected chi connectivity index (χ4v) is 4.00. The van der Waals surface area contributed by atoms with Gasteiger partial charge in [0, 0.05) is 49.4 Å². The highest BCUT2D eigenvalue weighted by atomic mass is 35.5. The number of methoxy groups -OCH3 is 1. The molecule has 1 aliphatic rings. The average molecular weight is 451 g/mol. The zero-order valence-electron chi connectivity index (χ0n) is 18.5. The number of hydrogen-bond donors (Lipinski definition) is 2. The van der Waals surface area contributed by atoms with Crippen molar-refractivity contribution in [2.24, 2.45) is 5.73 Å². The van der Waals surface area contributed by atoms with Gasteiger partial charge >= 0.3 is 0 Å². The number of nitrogens with zero attached hydrogens (tertiary/aromatic N) is 2. The lowest BCUT2D eigenvalue weighted by Gasteiger charge is -2.40. The topological polar surface area (TPSA) is 103 Å². The van der Waals surface area contributed by atoms with Gasteiger partial charge in [-0.15, -0.1) is 0 Å². The van der Waals surface area contributed by atoms with Crippen LogP contribution in [-0.4, -0.2) is 43.3 Å². The highest BCUT2D eigenvalue weighted by molar-refractivity contribution is 6.46. The molecular formula is C25H27ClN4O2. The molecule has 0 bridgehead atoms. The summed E-state index contributed by atoms with van der Waals surface area (Å²) >= 11 is 6.36. The molecule has 0 aromatic heterocycles. The van der Waals surface area contributed by atoms with Crippen molar-refractivity contribution in [1.82, 2.24) is 4.90 Å². The van der Waals surface area contributed by atoms with E-state index in [1.165, 1.54) is 0 Å². The lowest BCUT2D eigenvalue weighted by Crippen LogP contribution is -2.48. The molecule has 0 spiro atoms. The number of carbonyl (C=O) groups excluding carboxylic acids is 1. The fraction of sp³-hybridized carbons (Fsp3) is 0.320. The number of carbonyl (C=O) groups is 1. The normalized spacial score (nSPS) is 14.4. The summed E-state index contributed by atoms with van der Waals surface area (Å²) in [5.74, 6) is 0.196. The quantitative estimate of drug-likeness (QED) is 0.616. The van der Waals surface area contributed by atoms with Gasteiger partial charge in [0.2, 0.25) is 0 Å². The number of nitriles is 1. The third-order valence-electron chi connectivity index (χ3n) is 5.83. The first-order chi connectivity index (χ1) is 15.3. The average Bonchev–Trinajstić information content (AvgIpc) is 2.75. The van der Waals surface area contributed by atoms with E-state index in [4.69, 9.17) is 32.7 Å². The summed E-state index contributed by atoms with van der Waals surface area (Å²) in [5.41, 5.74) is 11.1. The van der Waals surface area contributed by atoms with Crippen LogP contribution in [0, 0.1) is 30.6 Å². The first-order valence-electron chi connectivity index (χ1n) is 10.4. The number of nitrogens with one attached hydrogen (secondary N) is 1. The van der Waals surface area contributed by atoms with Crippen molar-refractivity contribution < 1.29 is 9.53 Å². The second-order valence-electron chi connectivity index (χ2n) is 8.08. The first kappa shape index (κ1) is 23.5. The number of ether oxygens (including phenoxy) is 1. The predicted molar refractivity (Wildman–Crippen MR) is 126 cm³/mol. The van der Waals surface area contributed by atoms with Gasteiger partial charge in [0.05, 0.1) is 29.0 Å². The Kier molecular flexibility index (Phi) is 7.34. The van der Waals surface area contributed by atoms with Crippen molar-refractivity contribution in [3.8, 4) is 6.07 Å². The summed E-state index contributed by atoms with van der Waals surface area (Å²) in [6.45, 7) is 5.45. The van der Waals surface area contributed by atoms with Crippen LogP contribution in [0.15, 0.2) is 47.1 Å². The van der Waals surface area contributed by atoms with E-state index in [0.29, 0.717) is 48.5 Å². The van der Waals surface area contributed by atoms with Gasteiger partial charge < -0.3 is 15.4 Å². The molecule has 6 nitrogen and oxygen atoms in total. The van der Waals surface area contributed by atoms with E-state index >= 15 is 0 Å². The van der Waals surface area contributed by atoms with Crippen LogP contribution in [0.5, 0.6) is 0 Å². The van der Waals surface area contributed by atoms with E-state index in [2.05, 4.69) is 6.07 Å². The third-order valence-corrected chi connectivity index (χ3v) is 6.26. The van der Waals surface area contributed by atoms with Gasteiger partial charge in [0.15, 0.2) is 0 Å². The molecule has 0 radical (unpaired) electrons. The maximum absolute atomic E-state index is 13.2. The molecule has 1 saturated heterocycles. The minimum Gasteiger partial charge on any atom is -0.401 e. The summed E-state index contributed by atoms with van der Waals surface area (Å²) in [6, 6.07) is 13.3. The lowest BCUT2D eigenvalue weighted by atomic mass is 9.89. The number of benzene rings is 2. The molecule has 1 fully saturated rings. The molecule has 3 rings (SSSR count). The summed E-state index contributed by atoms with van der Waals surface area (Å²) in [4.78, 5) is 15.0. The van der Waals surface area contributed by atoms with Gasteiger partial charge in [-0.25, -0.2) is 0 Å². The number of hydrogen-bond acceptors (Lipinski definition) is 5. The highest BCUT2D eigenvalue weighted by Gasteiger charge is 2.33. The largest absolute Gasteiger partial charge is 0.401 e. The monoisotopic (exact) mass is 450 g/mol. The fourth-order valence-electron chi connectivity index (χ4n) is 3.81. The van der Waals surface area contributed by atoms with Crippen molar-refractivity contribution >= 4 is 23.2 Å². The maximum Gasteiger partial charge on any atom is 0.254 e. The van der Waals surface area contributed by atoms with Crippen molar-refractivity contribution in [3.63, 3.8) is 0 Å². The summed E-state index contributed by atoms with van der Waals surface area (Å²) in [6.07, 6.45) is 0.429. The van der Waals surface area contributed by atoms with E-state index in [9.17, 15) is 4.79 Å². The molecule has 1 heterocycles. The highest BCUT2D eigenvalue weighted by Crippen LogP contribution is 2.30. The molecule has 7 heteroatoms. The Hall–Kier alpha value is -3.14. The first-order valence-corrected chi connectivity index (χ1v) is 10.8. The Labute approximate surface area is 193 Å². The Morgan fingerprint density at radius 1 is 1.22 bits per heavy atom. The Morgan fingerprint density at radius 2 is 1.84 bits per heavy atom.